The van der Waals surface area contributed by atoms with Gasteiger partial charge in [0.15, 0.2) is 0 Å². The summed E-state index contributed by atoms with van der Waals surface area (Å²) in [6, 6.07) is 11.0. The first kappa shape index (κ1) is 15.6. The summed E-state index contributed by atoms with van der Waals surface area (Å²) in [5.74, 6) is -2.10. The van der Waals surface area contributed by atoms with Gasteiger partial charge in [-0.2, -0.15) is 0 Å². The maximum absolute atomic E-state index is 13.4. The van der Waals surface area contributed by atoms with Crippen LogP contribution in [0.15, 0.2) is 46.9 Å². The van der Waals surface area contributed by atoms with Crippen molar-refractivity contribution in [1.29, 1.82) is 0 Å². The Morgan fingerprint density at radius 2 is 1.76 bits per heavy atom. The topological polar surface area (TPSA) is 41.1 Å². The van der Waals surface area contributed by atoms with Gasteiger partial charge in [0.2, 0.25) is 5.91 Å². The molecular formula is C15H13BrF2N2O. The van der Waals surface area contributed by atoms with E-state index in [1.165, 1.54) is 6.07 Å². The Morgan fingerprint density at radius 3 is 2.43 bits per heavy atom. The summed E-state index contributed by atoms with van der Waals surface area (Å²) in [7, 11) is 0. The Balaban J connectivity index is 1.85. The van der Waals surface area contributed by atoms with Crippen LogP contribution in [0.3, 0.4) is 0 Å². The number of halogens is 3. The molecule has 0 aliphatic heterocycles. The molecule has 21 heavy (non-hydrogen) atoms. The molecule has 0 saturated carbocycles. The summed E-state index contributed by atoms with van der Waals surface area (Å²) < 4.78 is 27.7. The monoisotopic (exact) mass is 354 g/mol. The minimum Gasteiger partial charge on any atom is -0.320 e. The molecule has 0 bridgehead atoms. The van der Waals surface area contributed by atoms with Crippen molar-refractivity contribution >= 4 is 27.5 Å². The van der Waals surface area contributed by atoms with Crippen molar-refractivity contribution in [3.05, 3.63) is 64.1 Å². The molecule has 0 aromatic heterocycles. The Kier molecular flexibility index (Phi) is 5.41. The summed E-state index contributed by atoms with van der Waals surface area (Å²) in [5.41, 5.74) is 0.570. The van der Waals surface area contributed by atoms with Gasteiger partial charge in [0.25, 0.3) is 0 Å². The Morgan fingerprint density at radius 1 is 1.10 bits per heavy atom. The third-order valence-electron chi connectivity index (χ3n) is 2.73. The van der Waals surface area contributed by atoms with E-state index in [0.717, 1.165) is 22.2 Å². The van der Waals surface area contributed by atoms with Crippen molar-refractivity contribution in [3.8, 4) is 0 Å². The second-order valence-electron chi connectivity index (χ2n) is 4.38. The lowest BCUT2D eigenvalue weighted by Crippen LogP contribution is -2.28. The van der Waals surface area contributed by atoms with Crippen LogP contribution in [0.4, 0.5) is 14.5 Å². The van der Waals surface area contributed by atoms with Crippen molar-refractivity contribution in [2.45, 2.75) is 6.54 Å². The molecule has 2 N–H and O–H groups in total. The molecule has 0 aliphatic rings. The van der Waals surface area contributed by atoms with Gasteiger partial charge < -0.3 is 10.6 Å². The molecule has 1 amide bonds. The number of hydrogen-bond acceptors (Lipinski definition) is 2. The van der Waals surface area contributed by atoms with Gasteiger partial charge in [-0.1, -0.05) is 34.1 Å². The fourth-order valence-corrected chi connectivity index (χ4v) is 2.21. The maximum Gasteiger partial charge on any atom is 0.238 e. The number of benzene rings is 2. The molecule has 2 rings (SSSR count). The van der Waals surface area contributed by atoms with Crippen molar-refractivity contribution in [2.24, 2.45) is 0 Å². The summed E-state index contributed by atoms with van der Waals surface area (Å²) in [6.45, 7) is 0.437. The highest BCUT2D eigenvalue weighted by molar-refractivity contribution is 9.10. The van der Waals surface area contributed by atoms with E-state index in [1.807, 2.05) is 24.3 Å². The predicted molar refractivity (Wildman–Crippen MR) is 80.8 cm³/mol. The van der Waals surface area contributed by atoms with Gasteiger partial charge in [-0.05, 0) is 29.8 Å². The van der Waals surface area contributed by atoms with Crippen molar-refractivity contribution in [1.82, 2.24) is 5.32 Å². The number of carbonyl (C=O) groups excluding carboxylic acids is 1. The van der Waals surface area contributed by atoms with Crippen molar-refractivity contribution in [3.63, 3.8) is 0 Å². The van der Waals surface area contributed by atoms with Gasteiger partial charge in [0.1, 0.15) is 17.3 Å². The van der Waals surface area contributed by atoms with Crippen molar-refractivity contribution in [2.75, 3.05) is 11.9 Å². The van der Waals surface area contributed by atoms with Gasteiger partial charge in [0.05, 0.1) is 6.54 Å². The Labute approximate surface area is 129 Å². The number of hydrogen-bond donors (Lipinski definition) is 2. The summed E-state index contributed by atoms with van der Waals surface area (Å²) in [5, 5.41) is 5.13. The molecule has 0 spiro atoms. The molecule has 110 valence electrons. The highest BCUT2D eigenvalue weighted by Crippen LogP contribution is 2.17. The van der Waals surface area contributed by atoms with E-state index in [1.54, 1.807) is 0 Å². The number of para-hydroxylation sites is 1. The Bertz CT molecular complexity index is 629. The van der Waals surface area contributed by atoms with E-state index in [0.29, 0.717) is 6.54 Å². The smallest absolute Gasteiger partial charge is 0.238 e. The second kappa shape index (κ2) is 7.28. The van der Waals surface area contributed by atoms with Crippen LogP contribution in [0, 0.1) is 11.6 Å². The van der Waals surface area contributed by atoms with Gasteiger partial charge in [-0.25, -0.2) is 8.78 Å². The highest BCUT2D eigenvalue weighted by Gasteiger charge is 2.11. The quantitative estimate of drug-likeness (QED) is 0.863. The summed E-state index contributed by atoms with van der Waals surface area (Å²) in [4.78, 5) is 11.7. The lowest BCUT2D eigenvalue weighted by molar-refractivity contribution is -0.115. The van der Waals surface area contributed by atoms with Gasteiger partial charge in [-0.15, -0.1) is 0 Å². The second-order valence-corrected chi connectivity index (χ2v) is 5.29. The molecule has 3 nitrogen and oxygen atoms in total. The first-order valence-electron chi connectivity index (χ1n) is 6.25. The molecule has 0 atom stereocenters. The maximum atomic E-state index is 13.4. The number of carbonyl (C=O) groups is 1. The molecule has 0 radical (unpaired) electrons. The van der Waals surface area contributed by atoms with E-state index in [9.17, 15) is 13.6 Å². The van der Waals surface area contributed by atoms with Crippen LogP contribution < -0.4 is 10.6 Å². The zero-order valence-corrected chi connectivity index (χ0v) is 12.6. The molecule has 0 heterocycles. The first-order chi connectivity index (χ1) is 10.1. The highest BCUT2D eigenvalue weighted by atomic mass is 79.9. The number of amides is 1. The van der Waals surface area contributed by atoms with Crippen LogP contribution in [-0.2, 0) is 11.3 Å². The number of nitrogens with one attached hydrogen (secondary N) is 2. The SMILES string of the molecule is O=C(CNCc1cccc(Br)c1)Nc1c(F)cccc1F. The van der Waals surface area contributed by atoms with Crippen LogP contribution >= 0.6 is 15.9 Å². The minimum atomic E-state index is -0.796. The fraction of sp³-hybridized carbons (Fsp3) is 0.133. The van der Waals surface area contributed by atoms with Crippen LogP contribution in [0.1, 0.15) is 5.56 Å². The third-order valence-corrected chi connectivity index (χ3v) is 3.22. The zero-order chi connectivity index (χ0) is 15.2. The summed E-state index contributed by atoms with van der Waals surface area (Å²) >= 11 is 3.35. The predicted octanol–water partition coefficient (Wildman–Crippen LogP) is 3.46. The molecule has 0 saturated heterocycles. The van der Waals surface area contributed by atoms with Crippen LogP contribution in [0.25, 0.3) is 0 Å². The van der Waals surface area contributed by atoms with E-state index in [-0.39, 0.29) is 6.54 Å². The standard InChI is InChI=1S/C15H13BrF2N2O/c16-11-4-1-3-10(7-11)8-19-9-14(21)20-15-12(17)5-2-6-13(15)18/h1-7,19H,8-9H2,(H,20,21). The largest absolute Gasteiger partial charge is 0.320 e. The molecule has 0 fully saturated rings. The summed E-state index contributed by atoms with van der Waals surface area (Å²) in [6.07, 6.45) is 0. The van der Waals surface area contributed by atoms with E-state index in [4.69, 9.17) is 0 Å². The molecule has 0 aliphatic carbocycles. The van der Waals surface area contributed by atoms with Crippen LogP contribution in [-0.4, -0.2) is 12.5 Å². The minimum absolute atomic E-state index is 0.0414. The average Bonchev–Trinajstić information content (AvgIpc) is 2.43. The zero-order valence-electron chi connectivity index (χ0n) is 11.0. The average molecular weight is 355 g/mol. The molecule has 6 heteroatoms. The fourth-order valence-electron chi connectivity index (χ4n) is 1.77. The Hall–Kier alpha value is -1.79. The van der Waals surface area contributed by atoms with E-state index in [2.05, 4.69) is 26.6 Å². The van der Waals surface area contributed by atoms with Gasteiger partial charge >= 0.3 is 0 Å². The molecule has 2 aromatic rings. The van der Waals surface area contributed by atoms with Gasteiger partial charge in [-0.3, -0.25) is 4.79 Å². The van der Waals surface area contributed by atoms with Gasteiger partial charge in [0, 0.05) is 11.0 Å². The number of anilines is 1. The van der Waals surface area contributed by atoms with Crippen molar-refractivity contribution < 1.29 is 13.6 Å². The molecule has 2 aromatic carbocycles. The number of rotatable bonds is 5. The first-order valence-corrected chi connectivity index (χ1v) is 7.04. The lowest BCUT2D eigenvalue weighted by Gasteiger charge is -2.08. The molecular weight excluding hydrogens is 342 g/mol. The molecule has 0 unspecified atom stereocenters. The van der Waals surface area contributed by atoms with Crippen LogP contribution in [0.2, 0.25) is 0 Å². The lowest BCUT2D eigenvalue weighted by atomic mass is 10.2. The third kappa shape index (κ3) is 4.61. The van der Waals surface area contributed by atoms with E-state index < -0.39 is 23.2 Å². The van der Waals surface area contributed by atoms with Crippen LogP contribution in [0.5, 0.6) is 0 Å². The van der Waals surface area contributed by atoms with E-state index >= 15 is 0 Å². The normalized spacial score (nSPS) is 10.4.